The molecule has 4 rings (SSSR count). The van der Waals surface area contributed by atoms with Crippen molar-refractivity contribution in [3.63, 3.8) is 0 Å². The first-order chi connectivity index (χ1) is 14.7. The van der Waals surface area contributed by atoms with Crippen molar-refractivity contribution in [1.82, 2.24) is 25.4 Å². The standard InChI is InChI=1S/C24H33N5O/c1-28-11-13-29(14-12-28)18-19-4-6-20(7-5-19)21-8-9-22(26-16-21)15-24(30)27-17-23-3-2-10-25-23/h4-9,16,23,25H,2-3,10-15,17-18H2,1H3,(H,27,30). The fraction of sp³-hybridized carbons (Fsp3) is 0.500. The smallest absolute Gasteiger partial charge is 0.226 e. The Morgan fingerprint density at radius 2 is 1.87 bits per heavy atom. The highest BCUT2D eigenvalue weighted by Gasteiger charge is 2.15. The number of amides is 1. The number of benzene rings is 1. The van der Waals surface area contributed by atoms with Crippen molar-refractivity contribution >= 4 is 5.91 Å². The molecule has 1 aromatic carbocycles. The Labute approximate surface area is 179 Å². The van der Waals surface area contributed by atoms with Gasteiger partial charge in [-0.25, -0.2) is 0 Å². The first-order valence-electron chi connectivity index (χ1n) is 11.1. The summed E-state index contributed by atoms with van der Waals surface area (Å²) in [5, 5.41) is 6.41. The van der Waals surface area contributed by atoms with Crippen LogP contribution >= 0.6 is 0 Å². The monoisotopic (exact) mass is 407 g/mol. The summed E-state index contributed by atoms with van der Waals surface area (Å²) in [6, 6.07) is 13.2. The Hall–Kier alpha value is -2.28. The summed E-state index contributed by atoms with van der Waals surface area (Å²) in [6.07, 6.45) is 4.54. The number of carbonyl (C=O) groups excluding carboxylic acids is 1. The largest absolute Gasteiger partial charge is 0.354 e. The van der Waals surface area contributed by atoms with Crippen molar-refractivity contribution in [2.24, 2.45) is 0 Å². The molecule has 6 nitrogen and oxygen atoms in total. The number of carbonyl (C=O) groups is 1. The second-order valence-corrected chi connectivity index (χ2v) is 8.59. The summed E-state index contributed by atoms with van der Waals surface area (Å²) >= 11 is 0. The van der Waals surface area contributed by atoms with Crippen molar-refractivity contribution in [3.05, 3.63) is 53.9 Å². The highest BCUT2D eigenvalue weighted by Crippen LogP contribution is 2.20. The van der Waals surface area contributed by atoms with Gasteiger partial charge in [0.15, 0.2) is 0 Å². The van der Waals surface area contributed by atoms with Gasteiger partial charge in [0.1, 0.15) is 0 Å². The minimum absolute atomic E-state index is 0.0391. The van der Waals surface area contributed by atoms with Crippen LogP contribution in [0.15, 0.2) is 42.6 Å². The topological polar surface area (TPSA) is 60.5 Å². The molecule has 3 heterocycles. The molecule has 1 atom stereocenters. The molecule has 2 saturated heterocycles. The molecule has 0 spiro atoms. The summed E-state index contributed by atoms with van der Waals surface area (Å²) in [7, 11) is 2.19. The first-order valence-corrected chi connectivity index (χ1v) is 11.1. The van der Waals surface area contributed by atoms with Gasteiger partial charge >= 0.3 is 0 Å². The summed E-state index contributed by atoms with van der Waals surface area (Å²) in [6.45, 7) is 7.33. The van der Waals surface area contributed by atoms with Crippen LogP contribution in [0.3, 0.4) is 0 Å². The van der Waals surface area contributed by atoms with E-state index < -0.39 is 0 Å². The molecule has 1 unspecified atom stereocenters. The van der Waals surface area contributed by atoms with E-state index in [2.05, 4.69) is 62.8 Å². The first kappa shape index (κ1) is 21.0. The van der Waals surface area contributed by atoms with E-state index in [-0.39, 0.29) is 5.91 Å². The fourth-order valence-electron chi connectivity index (χ4n) is 4.16. The second kappa shape index (κ2) is 10.2. The number of hydrogen-bond donors (Lipinski definition) is 2. The lowest BCUT2D eigenvalue weighted by Gasteiger charge is -2.32. The van der Waals surface area contributed by atoms with E-state index in [9.17, 15) is 4.79 Å². The molecule has 2 aromatic rings. The average Bonchev–Trinajstić information content (AvgIpc) is 3.29. The van der Waals surface area contributed by atoms with Crippen LogP contribution in [-0.4, -0.2) is 73.0 Å². The van der Waals surface area contributed by atoms with Crippen molar-refractivity contribution in [2.75, 3.05) is 46.3 Å². The predicted molar refractivity (Wildman–Crippen MR) is 120 cm³/mol. The number of hydrogen-bond acceptors (Lipinski definition) is 5. The minimum atomic E-state index is 0.0391. The molecular formula is C24H33N5O. The van der Waals surface area contributed by atoms with Gasteiger partial charge in [0, 0.05) is 62.8 Å². The Morgan fingerprint density at radius 3 is 2.53 bits per heavy atom. The lowest BCUT2D eigenvalue weighted by atomic mass is 10.0. The van der Waals surface area contributed by atoms with E-state index in [0.29, 0.717) is 19.0 Å². The quantitative estimate of drug-likeness (QED) is 0.734. The number of nitrogens with one attached hydrogen (secondary N) is 2. The number of nitrogens with zero attached hydrogens (tertiary/aromatic N) is 3. The summed E-state index contributed by atoms with van der Waals surface area (Å²) in [5.41, 5.74) is 4.40. The Morgan fingerprint density at radius 1 is 1.10 bits per heavy atom. The molecule has 6 heteroatoms. The van der Waals surface area contributed by atoms with Gasteiger partial charge in [-0.1, -0.05) is 30.3 Å². The van der Waals surface area contributed by atoms with Crippen LogP contribution in [0.2, 0.25) is 0 Å². The molecule has 2 fully saturated rings. The van der Waals surface area contributed by atoms with Gasteiger partial charge in [-0.05, 0) is 43.6 Å². The highest BCUT2D eigenvalue weighted by molar-refractivity contribution is 5.78. The van der Waals surface area contributed by atoms with Gasteiger partial charge in [-0.3, -0.25) is 14.7 Å². The Balaban J connectivity index is 1.27. The summed E-state index contributed by atoms with van der Waals surface area (Å²) < 4.78 is 0. The van der Waals surface area contributed by atoms with Gasteiger partial charge in [-0.15, -0.1) is 0 Å². The summed E-state index contributed by atoms with van der Waals surface area (Å²) in [5.74, 6) is 0.0391. The third kappa shape index (κ3) is 5.88. The van der Waals surface area contributed by atoms with E-state index in [4.69, 9.17) is 0 Å². The number of piperazine rings is 1. The summed E-state index contributed by atoms with van der Waals surface area (Å²) in [4.78, 5) is 21.6. The number of rotatable bonds is 7. The van der Waals surface area contributed by atoms with Crippen LogP contribution in [0.5, 0.6) is 0 Å². The minimum Gasteiger partial charge on any atom is -0.354 e. The maximum Gasteiger partial charge on any atom is 0.226 e. The van der Waals surface area contributed by atoms with E-state index in [1.807, 2.05) is 12.3 Å². The Kier molecular flexibility index (Phi) is 7.10. The third-order valence-corrected chi connectivity index (χ3v) is 6.16. The number of likely N-dealkylation sites (N-methyl/N-ethyl adjacent to an activating group) is 1. The van der Waals surface area contributed by atoms with Crippen molar-refractivity contribution in [2.45, 2.75) is 31.8 Å². The van der Waals surface area contributed by atoms with Crippen molar-refractivity contribution in [1.29, 1.82) is 0 Å². The lowest BCUT2D eigenvalue weighted by Crippen LogP contribution is -2.43. The van der Waals surface area contributed by atoms with Crippen LogP contribution in [0.4, 0.5) is 0 Å². The fourth-order valence-corrected chi connectivity index (χ4v) is 4.16. The van der Waals surface area contributed by atoms with Gasteiger partial charge in [0.2, 0.25) is 5.91 Å². The van der Waals surface area contributed by atoms with Gasteiger partial charge in [-0.2, -0.15) is 0 Å². The van der Waals surface area contributed by atoms with E-state index in [1.165, 1.54) is 12.0 Å². The van der Waals surface area contributed by atoms with Gasteiger partial charge in [0.25, 0.3) is 0 Å². The maximum absolute atomic E-state index is 12.2. The van der Waals surface area contributed by atoms with Crippen molar-refractivity contribution < 1.29 is 4.79 Å². The number of pyridine rings is 1. The molecule has 0 aliphatic carbocycles. The van der Waals surface area contributed by atoms with Gasteiger partial charge < -0.3 is 15.5 Å². The van der Waals surface area contributed by atoms with E-state index >= 15 is 0 Å². The molecule has 160 valence electrons. The van der Waals surface area contributed by atoms with Crippen LogP contribution < -0.4 is 10.6 Å². The molecule has 2 N–H and O–H groups in total. The zero-order valence-electron chi connectivity index (χ0n) is 17.9. The maximum atomic E-state index is 12.2. The average molecular weight is 408 g/mol. The molecule has 2 aliphatic heterocycles. The Bertz CT molecular complexity index is 806. The SMILES string of the molecule is CN1CCN(Cc2ccc(-c3ccc(CC(=O)NCC4CCCN4)nc3)cc2)CC1. The second-order valence-electron chi connectivity index (χ2n) is 8.59. The van der Waals surface area contributed by atoms with Crippen LogP contribution in [0.25, 0.3) is 11.1 Å². The van der Waals surface area contributed by atoms with Crippen molar-refractivity contribution in [3.8, 4) is 11.1 Å². The lowest BCUT2D eigenvalue weighted by molar-refractivity contribution is -0.120. The van der Waals surface area contributed by atoms with Crippen LogP contribution in [-0.2, 0) is 17.8 Å². The van der Waals surface area contributed by atoms with Crippen LogP contribution in [0.1, 0.15) is 24.1 Å². The molecular weight excluding hydrogens is 374 g/mol. The normalized spacial score (nSPS) is 20.4. The number of aromatic nitrogens is 1. The predicted octanol–water partition coefficient (Wildman–Crippen LogP) is 1.91. The molecule has 1 amide bonds. The zero-order chi connectivity index (χ0) is 20.8. The highest BCUT2D eigenvalue weighted by atomic mass is 16.1. The molecule has 1 aromatic heterocycles. The van der Waals surface area contributed by atoms with E-state index in [0.717, 1.165) is 62.5 Å². The van der Waals surface area contributed by atoms with E-state index in [1.54, 1.807) is 0 Å². The molecule has 0 radical (unpaired) electrons. The third-order valence-electron chi connectivity index (χ3n) is 6.16. The van der Waals surface area contributed by atoms with Gasteiger partial charge in [0.05, 0.1) is 6.42 Å². The molecule has 30 heavy (non-hydrogen) atoms. The zero-order valence-corrected chi connectivity index (χ0v) is 17.9. The molecule has 0 bridgehead atoms. The molecule has 2 aliphatic rings. The van der Waals surface area contributed by atoms with Crippen LogP contribution in [0, 0.1) is 0 Å². The molecule has 0 saturated carbocycles.